The second kappa shape index (κ2) is 15.4. The van der Waals surface area contributed by atoms with Crippen LogP contribution in [0.2, 0.25) is 0 Å². The third-order valence-electron chi connectivity index (χ3n) is 3.40. The molecule has 0 amide bonds. The summed E-state index contributed by atoms with van der Waals surface area (Å²) in [5.41, 5.74) is 0. The van der Waals surface area contributed by atoms with E-state index in [2.05, 4.69) is 91.0 Å². The standard InChI is InChI=1S/3C6H5.Al.3ClH.H3O3P/c3*1-2-4-6-5-3-1;;;;;1-4(2)3/h3*1-5H;;3*1H;1-3H. The maximum atomic E-state index is 7.23. The molecule has 140 valence electrons. The molecule has 8 heteroatoms. The maximum Gasteiger partial charge on any atom is 0.383 e. The lowest BCUT2D eigenvalue weighted by Crippen LogP contribution is -2.51. The van der Waals surface area contributed by atoms with Crippen molar-refractivity contribution in [3.8, 4) is 0 Å². The first-order valence-corrected chi connectivity index (χ1v) is 10.1. The van der Waals surface area contributed by atoms with Gasteiger partial charge in [-0.2, -0.15) is 0 Å². The van der Waals surface area contributed by atoms with Crippen molar-refractivity contribution >= 4 is 73.2 Å². The molecule has 3 nitrogen and oxygen atoms in total. The average Bonchev–Trinajstić information content (AvgIpc) is 2.58. The molecule has 0 heterocycles. The van der Waals surface area contributed by atoms with Gasteiger partial charge in [0.25, 0.3) is 0 Å². The number of hydrogen-bond acceptors (Lipinski definition) is 3. The smallest absolute Gasteiger partial charge is 0.328 e. The van der Waals surface area contributed by atoms with Gasteiger partial charge < -0.3 is 14.7 Å². The van der Waals surface area contributed by atoms with E-state index in [9.17, 15) is 0 Å². The highest BCUT2D eigenvalue weighted by Gasteiger charge is 2.23. The summed E-state index contributed by atoms with van der Waals surface area (Å²) in [7, 11) is -2.62. The van der Waals surface area contributed by atoms with Gasteiger partial charge >= 0.3 is 22.8 Å². The first kappa shape index (κ1) is 27.6. The highest BCUT2D eigenvalue weighted by atomic mass is 35.5. The van der Waals surface area contributed by atoms with Crippen LogP contribution in [0.3, 0.4) is 0 Å². The molecule has 0 aliphatic carbocycles. The van der Waals surface area contributed by atoms with E-state index in [1.54, 1.807) is 0 Å². The summed E-state index contributed by atoms with van der Waals surface area (Å²) in [4.78, 5) is 21.7. The van der Waals surface area contributed by atoms with E-state index in [0.29, 0.717) is 0 Å². The fourth-order valence-corrected chi connectivity index (χ4v) is 5.49. The second-order valence-corrected chi connectivity index (χ2v) is 8.34. The van der Waals surface area contributed by atoms with Crippen LogP contribution in [0.25, 0.3) is 0 Å². The minimum Gasteiger partial charge on any atom is -0.328 e. The Morgan fingerprint density at radius 1 is 0.462 bits per heavy atom. The topological polar surface area (TPSA) is 60.7 Å². The zero-order valence-corrected chi connectivity index (χ0v) is 18.2. The molecule has 0 aromatic heterocycles. The Kier molecular flexibility index (Phi) is 16.4. The van der Waals surface area contributed by atoms with Crippen LogP contribution in [0.4, 0.5) is 0 Å². The van der Waals surface area contributed by atoms with Crippen molar-refractivity contribution in [2.24, 2.45) is 0 Å². The third kappa shape index (κ3) is 9.35. The highest BCUT2D eigenvalue weighted by Crippen LogP contribution is 2.11. The fourth-order valence-electron chi connectivity index (χ4n) is 2.51. The highest BCUT2D eigenvalue weighted by molar-refractivity contribution is 7.38. The Balaban J connectivity index is 0. The van der Waals surface area contributed by atoms with Gasteiger partial charge in [-0.3, -0.25) is 0 Å². The van der Waals surface area contributed by atoms with Crippen LogP contribution in [-0.2, 0) is 0 Å². The van der Waals surface area contributed by atoms with E-state index in [-0.39, 0.29) is 37.2 Å². The second-order valence-electron chi connectivity index (χ2n) is 4.93. The quantitative estimate of drug-likeness (QED) is 0.426. The molecular formula is C18H21AlCl3O3P. The minimum absolute atomic E-state index is 0. The monoisotopic (exact) mass is 448 g/mol. The summed E-state index contributed by atoms with van der Waals surface area (Å²) >= 11 is -1.31. The Bertz CT molecular complexity index is 595. The summed E-state index contributed by atoms with van der Waals surface area (Å²) in [5.74, 6) is 0. The van der Waals surface area contributed by atoms with Gasteiger partial charge in [0.05, 0.1) is 0 Å². The molecule has 0 spiro atoms. The molecule has 0 radical (unpaired) electrons. The van der Waals surface area contributed by atoms with Crippen LogP contribution >= 0.6 is 45.8 Å². The van der Waals surface area contributed by atoms with Gasteiger partial charge in [0.15, 0.2) is 0 Å². The number of benzene rings is 3. The molecule has 0 atom stereocenters. The Labute approximate surface area is 178 Å². The van der Waals surface area contributed by atoms with Crippen molar-refractivity contribution in [2.45, 2.75) is 0 Å². The van der Waals surface area contributed by atoms with Gasteiger partial charge in [-0.05, 0) is 0 Å². The van der Waals surface area contributed by atoms with Crippen molar-refractivity contribution < 1.29 is 14.7 Å². The average molecular weight is 450 g/mol. The van der Waals surface area contributed by atoms with E-state index in [4.69, 9.17) is 14.7 Å². The number of hydrogen-bond donors (Lipinski definition) is 3. The predicted octanol–water partition coefficient (Wildman–Crippen LogP) is 2.66. The SMILES string of the molecule is Cl.Cl.Cl.OP(O)O.c1cc[c]([Al]([c]2ccccc2)[c]2ccccc2)cc1. The first-order valence-electron chi connectivity index (χ1n) is 7.20. The summed E-state index contributed by atoms with van der Waals surface area (Å²) in [6.07, 6.45) is 0. The predicted molar refractivity (Wildman–Crippen MR) is 119 cm³/mol. The zero-order chi connectivity index (χ0) is 16.5. The van der Waals surface area contributed by atoms with Crippen molar-refractivity contribution in [1.82, 2.24) is 0 Å². The lowest BCUT2D eigenvalue weighted by molar-refractivity contribution is 0.368. The summed E-state index contributed by atoms with van der Waals surface area (Å²) in [6.45, 7) is 0. The van der Waals surface area contributed by atoms with E-state index in [1.807, 2.05) is 0 Å². The lowest BCUT2D eigenvalue weighted by atomic mass is 10.3. The van der Waals surface area contributed by atoms with Gasteiger partial charge in [-0.25, -0.2) is 0 Å². The Morgan fingerprint density at radius 2 is 0.654 bits per heavy atom. The van der Waals surface area contributed by atoms with Gasteiger partial charge in [0.1, 0.15) is 0 Å². The normalized spacial score (nSPS) is 8.77. The third-order valence-corrected chi connectivity index (χ3v) is 6.55. The first-order chi connectivity index (χ1) is 11.2. The van der Waals surface area contributed by atoms with E-state index in [0.717, 1.165) is 0 Å². The minimum atomic E-state index is -2.62. The van der Waals surface area contributed by atoms with Gasteiger partial charge in [0.2, 0.25) is 0 Å². The summed E-state index contributed by atoms with van der Waals surface area (Å²) in [6, 6.07) is 32.7. The largest absolute Gasteiger partial charge is 0.383 e. The van der Waals surface area contributed by atoms with Gasteiger partial charge in [0, 0.05) is 0 Å². The van der Waals surface area contributed by atoms with Crippen molar-refractivity contribution in [3.05, 3.63) is 91.0 Å². The molecule has 0 saturated heterocycles. The molecule has 26 heavy (non-hydrogen) atoms. The summed E-state index contributed by atoms with van der Waals surface area (Å²) in [5, 5.41) is 0. The van der Waals surface area contributed by atoms with Crippen LogP contribution in [0.15, 0.2) is 91.0 Å². The van der Waals surface area contributed by atoms with Crippen molar-refractivity contribution in [1.29, 1.82) is 0 Å². The zero-order valence-electron chi connectivity index (χ0n) is 13.8. The molecule has 3 aromatic carbocycles. The molecule has 0 fully saturated rings. The van der Waals surface area contributed by atoms with Crippen LogP contribution in [0.1, 0.15) is 0 Å². The molecule has 0 unspecified atom stereocenters. The number of halogens is 3. The molecular weight excluding hydrogens is 429 g/mol. The molecule has 3 aromatic rings. The molecule has 3 rings (SSSR count). The Hall–Kier alpha value is -0.628. The molecule has 0 aliphatic heterocycles. The summed E-state index contributed by atoms with van der Waals surface area (Å²) < 4.78 is 4.42. The van der Waals surface area contributed by atoms with Crippen molar-refractivity contribution in [2.75, 3.05) is 0 Å². The van der Waals surface area contributed by atoms with Crippen LogP contribution in [0, 0.1) is 0 Å². The lowest BCUT2D eigenvalue weighted by Gasteiger charge is -2.13. The Morgan fingerprint density at radius 3 is 0.846 bits per heavy atom. The van der Waals surface area contributed by atoms with Gasteiger partial charge in [-0.1, -0.05) is 104 Å². The maximum absolute atomic E-state index is 7.23. The van der Waals surface area contributed by atoms with Crippen LogP contribution in [0.5, 0.6) is 0 Å². The molecule has 0 saturated carbocycles. The van der Waals surface area contributed by atoms with E-state index < -0.39 is 22.8 Å². The number of rotatable bonds is 3. The van der Waals surface area contributed by atoms with Crippen molar-refractivity contribution in [3.63, 3.8) is 0 Å². The van der Waals surface area contributed by atoms with Crippen LogP contribution < -0.4 is 13.3 Å². The van der Waals surface area contributed by atoms with E-state index in [1.165, 1.54) is 13.3 Å². The van der Waals surface area contributed by atoms with E-state index >= 15 is 0 Å². The fraction of sp³-hybridized carbons (Fsp3) is 0. The molecule has 3 N–H and O–H groups in total. The molecule has 0 aliphatic rings. The van der Waals surface area contributed by atoms with Gasteiger partial charge in [-0.15, -0.1) is 37.2 Å². The molecule has 0 bridgehead atoms. The van der Waals surface area contributed by atoms with Crippen LogP contribution in [-0.4, -0.2) is 28.8 Å².